The van der Waals surface area contributed by atoms with Gasteiger partial charge in [0.2, 0.25) is 17.7 Å². The minimum Gasteiger partial charge on any atom is -0.470 e. The highest BCUT2D eigenvalue weighted by Gasteiger charge is 2.35. The van der Waals surface area contributed by atoms with E-state index in [4.69, 9.17) is 4.74 Å². The molecular formula is C17H14F3N5O2. The van der Waals surface area contributed by atoms with Crippen molar-refractivity contribution in [1.29, 1.82) is 0 Å². The summed E-state index contributed by atoms with van der Waals surface area (Å²) >= 11 is 0. The van der Waals surface area contributed by atoms with Gasteiger partial charge in [0.25, 0.3) is 5.91 Å². The molecule has 7 nitrogen and oxygen atoms in total. The van der Waals surface area contributed by atoms with E-state index in [1.165, 1.54) is 18.3 Å². The number of ether oxygens (including phenoxy) is 1. The third-order valence-corrected chi connectivity index (χ3v) is 3.54. The van der Waals surface area contributed by atoms with Gasteiger partial charge in [-0.15, -0.1) is 5.10 Å². The minimum atomic E-state index is -4.67. The second kappa shape index (κ2) is 7.44. The lowest BCUT2D eigenvalue weighted by molar-refractivity contribution is -0.144. The van der Waals surface area contributed by atoms with Crippen LogP contribution in [0, 0.1) is 0 Å². The zero-order chi connectivity index (χ0) is 19.4. The fraction of sp³-hybridized carbons (Fsp3) is 0.176. The molecule has 1 aromatic carbocycles. The Hall–Kier alpha value is -3.43. The van der Waals surface area contributed by atoms with Gasteiger partial charge in [-0.05, 0) is 18.6 Å². The average Bonchev–Trinajstić information content (AvgIpc) is 3.12. The van der Waals surface area contributed by atoms with E-state index < -0.39 is 23.9 Å². The van der Waals surface area contributed by atoms with Gasteiger partial charge >= 0.3 is 6.18 Å². The zero-order valence-electron chi connectivity index (χ0n) is 14.0. The lowest BCUT2D eigenvalue weighted by atomic mass is 10.1. The number of aromatic amines is 1. The van der Waals surface area contributed by atoms with Gasteiger partial charge in [-0.1, -0.05) is 30.3 Å². The number of hydrogen-bond acceptors (Lipinski definition) is 5. The number of nitrogens with one attached hydrogen (secondary N) is 2. The number of rotatable bonds is 5. The largest absolute Gasteiger partial charge is 0.470 e. The summed E-state index contributed by atoms with van der Waals surface area (Å²) in [5.74, 6) is -2.17. The van der Waals surface area contributed by atoms with Crippen LogP contribution in [0.3, 0.4) is 0 Å². The number of alkyl halides is 3. The standard InChI is InChI=1S/C17H14F3N5O2/c1-10(11-5-3-2-4-6-11)27-13-8-7-12(9-21-13)14(26)22-16-23-15(24-25-16)17(18,19)20/h2-10H,1H3,(H2,22,23,24,25,26)/t10-/m1/s1. The average molecular weight is 377 g/mol. The van der Waals surface area contributed by atoms with E-state index in [0.29, 0.717) is 5.88 Å². The number of anilines is 1. The monoisotopic (exact) mass is 377 g/mol. The summed E-state index contributed by atoms with van der Waals surface area (Å²) in [6.07, 6.45) is -3.67. The van der Waals surface area contributed by atoms with E-state index in [9.17, 15) is 18.0 Å². The molecule has 3 rings (SSSR count). The topological polar surface area (TPSA) is 92.8 Å². The van der Waals surface area contributed by atoms with E-state index in [-0.39, 0.29) is 11.7 Å². The third-order valence-electron chi connectivity index (χ3n) is 3.54. The quantitative estimate of drug-likeness (QED) is 0.709. The summed E-state index contributed by atoms with van der Waals surface area (Å²) in [7, 11) is 0. The van der Waals surface area contributed by atoms with Crippen molar-refractivity contribution in [3.8, 4) is 5.88 Å². The number of carbonyl (C=O) groups excluding carboxylic acids is 1. The predicted molar refractivity (Wildman–Crippen MR) is 89.1 cm³/mol. The van der Waals surface area contributed by atoms with Gasteiger partial charge in [0.1, 0.15) is 6.10 Å². The van der Waals surface area contributed by atoms with Crippen LogP contribution in [0.15, 0.2) is 48.7 Å². The summed E-state index contributed by atoms with van der Waals surface area (Å²) in [6, 6.07) is 12.4. The molecule has 0 spiro atoms. The van der Waals surface area contributed by atoms with Gasteiger partial charge in [0.05, 0.1) is 5.56 Å². The van der Waals surface area contributed by atoms with Crippen LogP contribution in [0.1, 0.15) is 34.8 Å². The first kappa shape index (κ1) is 18.4. The van der Waals surface area contributed by atoms with Crippen LogP contribution in [-0.2, 0) is 6.18 Å². The fourth-order valence-corrected chi connectivity index (χ4v) is 2.18. The van der Waals surface area contributed by atoms with Gasteiger partial charge in [-0.2, -0.15) is 18.2 Å². The molecule has 10 heteroatoms. The van der Waals surface area contributed by atoms with Gasteiger partial charge in [-0.25, -0.2) is 4.98 Å². The molecule has 0 bridgehead atoms. The highest BCUT2D eigenvalue weighted by molar-refractivity contribution is 6.03. The number of aromatic nitrogens is 4. The summed E-state index contributed by atoms with van der Waals surface area (Å²) in [4.78, 5) is 19.3. The molecule has 0 saturated heterocycles. The van der Waals surface area contributed by atoms with E-state index in [2.05, 4.69) is 20.4 Å². The zero-order valence-corrected chi connectivity index (χ0v) is 14.0. The fourth-order valence-electron chi connectivity index (χ4n) is 2.18. The molecule has 0 aliphatic carbocycles. The van der Waals surface area contributed by atoms with Gasteiger partial charge in [0.15, 0.2) is 0 Å². The van der Waals surface area contributed by atoms with Crippen molar-refractivity contribution in [2.45, 2.75) is 19.2 Å². The Bertz CT molecular complexity index is 910. The van der Waals surface area contributed by atoms with E-state index in [0.717, 1.165) is 5.56 Å². The van der Waals surface area contributed by atoms with Crippen LogP contribution in [0.5, 0.6) is 5.88 Å². The molecule has 2 aromatic heterocycles. The van der Waals surface area contributed by atoms with Crippen molar-refractivity contribution >= 4 is 11.9 Å². The Morgan fingerprint density at radius 3 is 2.52 bits per heavy atom. The van der Waals surface area contributed by atoms with Crippen LogP contribution < -0.4 is 10.1 Å². The minimum absolute atomic E-state index is 0.119. The second-order valence-electron chi connectivity index (χ2n) is 5.52. The highest BCUT2D eigenvalue weighted by Crippen LogP contribution is 2.26. The summed E-state index contributed by atoms with van der Waals surface area (Å²) in [5, 5.41) is 7.18. The third kappa shape index (κ3) is 4.60. The highest BCUT2D eigenvalue weighted by atomic mass is 19.4. The Morgan fingerprint density at radius 2 is 1.93 bits per heavy atom. The Kier molecular flexibility index (Phi) is 5.06. The molecule has 1 atom stereocenters. The lowest BCUT2D eigenvalue weighted by Gasteiger charge is -2.14. The summed E-state index contributed by atoms with van der Waals surface area (Å²) in [5.41, 5.74) is 1.08. The van der Waals surface area contributed by atoms with Crippen LogP contribution in [0.2, 0.25) is 0 Å². The maximum absolute atomic E-state index is 12.5. The van der Waals surface area contributed by atoms with Gasteiger partial charge in [-0.3, -0.25) is 15.2 Å². The van der Waals surface area contributed by atoms with Crippen molar-refractivity contribution < 1.29 is 22.7 Å². The van der Waals surface area contributed by atoms with E-state index in [1.807, 2.05) is 37.3 Å². The molecule has 0 aliphatic heterocycles. The van der Waals surface area contributed by atoms with Crippen LogP contribution in [-0.4, -0.2) is 26.1 Å². The maximum atomic E-state index is 12.5. The van der Waals surface area contributed by atoms with Crippen molar-refractivity contribution in [3.63, 3.8) is 0 Å². The molecule has 27 heavy (non-hydrogen) atoms. The maximum Gasteiger partial charge on any atom is 0.451 e. The molecule has 0 radical (unpaired) electrons. The Labute approximate surface area is 151 Å². The SMILES string of the molecule is C[C@@H](Oc1ccc(C(=O)Nc2n[nH]c(C(F)(F)F)n2)cn1)c1ccccc1. The number of carbonyl (C=O) groups is 1. The van der Waals surface area contributed by atoms with Gasteiger partial charge in [0, 0.05) is 12.3 Å². The number of nitrogens with zero attached hydrogens (tertiary/aromatic N) is 3. The molecule has 2 heterocycles. The number of H-pyrrole nitrogens is 1. The summed E-state index contributed by atoms with van der Waals surface area (Å²) in [6.45, 7) is 1.86. The number of halogens is 3. The predicted octanol–water partition coefficient (Wildman–Crippen LogP) is 3.61. The Morgan fingerprint density at radius 1 is 1.19 bits per heavy atom. The van der Waals surface area contributed by atoms with Crippen LogP contribution in [0.4, 0.5) is 19.1 Å². The molecule has 0 fully saturated rings. The van der Waals surface area contributed by atoms with Crippen molar-refractivity contribution in [1.82, 2.24) is 20.2 Å². The van der Waals surface area contributed by atoms with Gasteiger partial charge < -0.3 is 4.74 Å². The first-order valence-electron chi connectivity index (χ1n) is 7.81. The molecular weight excluding hydrogens is 363 g/mol. The summed E-state index contributed by atoms with van der Waals surface area (Å²) < 4.78 is 43.1. The smallest absolute Gasteiger partial charge is 0.451 e. The first-order valence-corrected chi connectivity index (χ1v) is 7.81. The number of pyridine rings is 1. The van der Waals surface area contributed by atoms with Crippen LogP contribution in [0.25, 0.3) is 0 Å². The number of benzene rings is 1. The van der Waals surface area contributed by atoms with Crippen molar-refractivity contribution in [2.75, 3.05) is 5.32 Å². The second-order valence-corrected chi connectivity index (χ2v) is 5.52. The van der Waals surface area contributed by atoms with Crippen LogP contribution >= 0.6 is 0 Å². The molecule has 2 N–H and O–H groups in total. The molecule has 140 valence electrons. The number of amides is 1. The normalized spacial score (nSPS) is 12.4. The van der Waals surface area contributed by atoms with Crippen molar-refractivity contribution in [3.05, 3.63) is 65.6 Å². The molecule has 3 aromatic rings. The van der Waals surface area contributed by atoms with E-state index in [1.54, 1.807) is 5.10 Å². The Balaban J connectivity index is 1.63. The molecule has 0 unspecified atom stereocenters. The molecule has 0 aliphatic rings. The lowest BCUT2D eigenvalue weighted by Crippen LogP contribution is -2.14. The molecule has 1 amide bonds. The molecule has 0 saturated carbocycles. The first-order chi connectivity index (χ1) is 12.8. The van der Waals surface area contributed by atoms with Crippen molar-refractivity contribution in [2.24, 2.45) is 0 Å². The van der Waals surface area contributed by atoms with E-state index >= 15 is 0 Å². The number of hydrogen-bond donors (Lipinski definition) is 2.